The minimum Gasteiger partial charge on any atom is -0.661 e. The second kappa shape index (κ2) is 6.11. The maximum atomic E-state index is 4.43. The van der Waals surface area contributed by atoms with E-state index in [9.17, 15) is 0 Å². The van der Waals surface area contributed by atoms with Crippen LogP contribution < -0.4 is 0 Å². The summed E-state index contributed by atoms with van der Waals surface area (Å²) in [5.74, 6) is 0.803. The Kier molecular flexibility index (Phi) is 6.36. The summed E-state index contributed by atoms with van der Waals surface area (Å²) in [5.41, 5.74) is 0. The zero-order valence-electron chi connectivity index (χ0n) is 9.10. The van der Waals surface area contributed by atoms with Crippen LogP contribution in [0, 0.1) is 5.92 Å². The van der Waals surface area contributed by atoms with Crippen molar-refractivity contribution in [3.8, 4) is 0 Å². The van der Waals surface area contributed by atoms with Crippen molar-refractivity contribution in [1.29, 1.82) is 0 Å². The predicted molar refractivity (Wildman–Crippen MR) is 53.6 cm³/mol. The Bertz CT molecular complexity index is 127. The van der Waals surface area contributed by atoms with E-state index >= 15 is 0 Å². The molecule has 1 rings (SSSR count). The summed E-state index contributed by atoms with van der Waals surface area (Å²) in [6, 6.07) is 1.28. The molecule has 1 heterocycles. The van der Waals surface area contributed by atoms with Crippen LogP contribution >= 0.6 is 0 Å². The smallest absolute Gasteiger partial charge is 0.661 e. The molecule has 0 saturated carbocycles. The molecule has 0 aromatic rings. The van der Waals surface area contributed by atoms with Gasteiger partial charge in [-0.3, -0.25) is 0 Å². The number of likely N-dealkylation sites (tertiary alicyclic amines) is 1. The Morgan fingerprint density at radius 3 is 2.31 bits per heavy atom. The maximum Gasteiger partial charge on any atom is 1.00 e. The molecule has 1 saturated heterocycles. The Balaban J connectivity index is 0.00000144. The van der Waals surface area contributed by atoms with Crippen molar-refractivity contribution in [1.82, 2.24) is 4.90 Å². The van der Waals surface area contributed by atoms with Crippen molar-refractivity contribution in [2.24, 2.45) is 5.92 Å². The Morgan fingerprint density at radius 1 is 1.38 bits per heavy atom. The van der Waals surface area contributed by atoms with Gasteiger partial charge in [-0.2, -0.15) is 7.05 Å². The summed E-state index contributed by atoms with van der Waals surface area (Å²) in [7, 11) is 1.96. The number of nitrogens with zero attached hydrogens (tertiary/aromatic N) is 2. The summed E-state index contributed by atoms with van der Waals surface area (Å²) in [6.07, 6.45) is 1.27. The Labute approximate surface area is 95.2 Å². The number of hydrogen-bond acceptors (Lipinski definition) is 1. The van der Waals surface area contributed by atoms with Gasteiger partial charge in [0, 0.05) is 6.04 Å². The SMILES string of the molecule is CCC1CN(C(C)C)CC1[N-]C.[Ru+]. The first-order valence-electron chi connectivity index (χ1n) is 5.02. The first kappa shape index (κ1) is 13.5. The van der Waals surface area contributed by atoms with Crippen LogP contribution in [0.25, 0.3) is 5.32 Å². The van der Waals surface area contributed by atoms with Crippen LogP contribution in [0.1, 0.15) is 27.2 Å². The minimum absolute atomic E-state index is 0. The van der Waals surface area contributed by atoms with Gasteiger partial charge in [0.15, 0.2) is 0 Å². The van der Waals surface area contributed by atoms with Crippen LogP contribution in [0.2, 0.25) is 0 Å². The molecule has 0 amide bonds. The predicted octanol–water partition coefficient (Wildman–Crippen LogP) is 2.11. The van der Waals surface area contributed by atoms with E-state index in [2.05, 4.69) is 31.0 Å². The third kappa shape index (κ3) is 3.30. The van der Waals surface area contributed by atoms with Crippen molar-refractivity contribution in [3.63, 3.8) is 0 Å². The van der Waals surface area contributed by atoms with Crippen molar-refractivity contribution in [2.45, 2.75) is 39.3 Å². The molecule has 2 atom stereocenters. The van der Waals surface area contributed by atoms with Gasteiger partial charge in [0.1, 0.15) is 0 Å². The molecule has 1 radical (unpaired) electrons. The van der Waals surface area contributed by atoms with Gasteiger partial charge in [-0.05, 0) is 32.9 Å². The second-order valence-corrected chi connectivity index (χ2v) is 4.04. The average Bonchev–Trinajstić information content (AvgIpc) is 2.46. The molecule has 0 aromatic heterocycles. The van der Waals surface area contributed by atoms with Crippen LogP contribution in [-0.2, 0) is 19.5 Å². The molecule has 0 bridgehead atoms. The normalized spacial score (nSPS) is 29.3. The van der Waals surface area contributed by atoms with E-state index in [1.165, 1.54) is 19.5 Å². The van der Waals surface area contributed by atoms with Gasteiger partial charge >= 0.3 is 19.5 Å². The van der Waals surface area contributed by atoms with E-state index in [1.54, 1.807) is 0 Å². The molecule has 0 aromatic carbocycles. The van der Waals surface area contributed by atoms with Gasteiger partial charge in [-0.15, -0.1) is 6.04 Å². The Hall–Kier alpha value is 0.543. The van der Waals surface area contributed by atoms with Crippen molar-refractivity contribution < 1.29 is 19.5 Å². The molecule has 0 aliphatic carbocycles. The molecule has 2 unspecified atom stereocenters. The van der Waals surface area contributed by atoms with E-state index in [4.69, 9.17) is 0 Å². The molecule has 1 fully saturated rings. The molecule has 0 N–H and O–H groups in total. The maximum absolute atomic E-state index is 4.43. The largest absolute Gasteiger partial charge is 1.00 e. The summed E-state index contributed by atoms with van der Waals surface area (Å²) in [6.45, 7) is 9.23. The van der Waals surface area contributed by atoms with Crippen LogP contribution in [0.3, 0.4) is 0 Å². The van der Waals surface area contributed by atoms with Gasteiger partial charge in [0.05, 0.1) is 0 Å². The fourth-order valence-corrected chi connectivity index (χ4v) is 2.00. The van der Waals surface area contributed by atoms with Gasteiger partial charge < -0.3 is 10.2 Å². The molecule has 3 heteroatoms. The number of rotatable bonds is 3. The third-order valence-corrected chi connectivity index (χ3v) is 3.02. The summed E-state index contributed by atoms with van der Waals surface area (Å²) in [4.78, 5) is 2.53. The molecule has 2 nitrogen and oxygen atoms in total. The van der Waals surface area contributed by atoms with E-state index in [0.29, 0.717) is 12.1 Å². The topological polar surface area (TPSA) is 17.3 Å². The van der Waals surface area contributed by atoms with Crippen molar-refractivity contribution in [2.75, 3.05) is 20.1 Å². The second-order valence-electron chi connectivity index (χ2n) is 4.04. The molecular weight excluding hydrogens is 249 g/mol. The average molecular weight is 270 g/mol. The van der Waals surface area contributed by atoms with Gasteiger partial charge in [-0.1, -0.05) is 13.3 Å². The zero-order valence-corrected chi connectivity index (χ0v) is 10.8. The zero-order chi connectivity index (χ0) is 9.14. The van der Waals surface area contributed by atoms with E-state index in [0.717, 1.165) is 5.92 Å². The molecular formula is C10H21N2Ru. The fourth-order valence-electron chi connectivity index (χ4n) is 2.00. The molecule has 1 aliphatic rings. The third-order valence-electron chi connectivity index (χ3n) is 3.02. The van der Waals surface area contributed by atoms with Crippen LogP contribution in [0.15, 0.2) is 0 Å². The standard InChI is InChI=1S/C10H21N2.Ru/c1-5-9-6-12(8(2)3)7-10(9)11-4;/h8-10H,5-7H2,1-4H3;/q-1;+1. The minimum atomic E-state index is 0. The van der Waals surface area contributed by atoms with Crippen LogP contribution in [-0.4, -0.2) is 37.1 Å². The van der Waals surface area contributed by atoms with E-state index < -0.39 is 0 Å². The molecule has 13 heavy (non-hydrogen) atoms. The van der Waals surface area contributed by atoms with Gasteiger partial charge in [-0.25, -0.2) is 0 Å². The van der Waals surface area contributed by atoms with Crippen LogP contribution in [0.5, 0.6) is 0 Å². The quantitative estimate of drug-likeness (QED) is 0.718. The van der Waals surface area contributed by atoms with Crippen molar-refractivity contribution >= 4 is 0 Å². The summed E-state index contributed by atoms with van der Waals surface area (Å²) in [5, 5.41) is 4.43. The van der Waals surface area contributed by atoms with Crippen LogP contribution in [0.4, 0.5) is 0 Å². The molecule has 79 valence electrons. The fraction of sp³-hybridized carbons (Fsp3) is 1.00. The molecule has 0 spiro atoms. The first-order valence-corrected chi connectivity index (χ1v) is 5.02. The van der Waals surface area contributed by atoms with Crippen molar-refractivity contribution in [3.05, 3.63) is 5.32 Å². The summed E-state index contributed by atoms with van der Waals surface area (Å²) >= 11 is 0. The van der Waals surface area contributed by atoms with E-state index in [1.807, 2.05) is 7.05 Å². The summed E-state index contributed by atoms with van der Waals surface area (Å²) < 4.78 is 0. The number of hydrogen-bond donors (Lipinski definition) is 0. The van der Waals surface area contributed by atoms with E-state index in [-0.39, 0.29) is 19.5 Å². The monoisotopic (exact) mass is 271 g/mol. The Morgan fingerprint density at radius 2 is 2.00 bits per heavy atom. The molecule has 1 aliphatic heterocycles. The number of likely N-dealkylation sites (N-methyl/N-ethyl adjacent to an activating group) is 1. The van der Waals surface area contributed by atoms with Gasteiger partial charge in [0.25, 0.3) is 0 Å². The van der Waals surface area contributed by atoms with Gasteiger partial charge in [0.2, 0.25) is 0 Å². The first-order chi connectivity index (χ1) is 5.69.